The van der Waals surface area contributed by atoms with E-state index < -0.39 is 23.4 Å². The van der Waals surface area contributed by atoms with Crippen molar-refractivity contribution in [1.82, 2.24) is 4.98 Å². The first-order valence-corrected chi connectivity index (χ1v) is 4.73. The van der Waals surface area contributed by atoms with Gasteiger partial charge in [0.05, 0.1) is 5.56 Å². The molecule has 0 atom stereocenters. The van der Waals surface area contributed by atoms with Gasteiger partial charge in [0, 0.05) is 10.9 Å². The molecule has 0 saturated carbocycles. The quantitative estimate of drug-likeness (QED) is 0.808. The van der Waals surface area contributed by atoms with E-state index in [-0.39, 0.29) is 10.9 Å². The number of aromatic nitrogens is 1. The molecule has 1 aromatic heterocycles. The number of carboxylic acids is 1. The molecule has 0 spiro atoms. The molecule has 0 radical (unpaired) electrons. The van der Waals surface area contributed by atoms with Gasteiger partial charge in [-0.05, 0) is 19.1 Å². The Balaban J connectivity index is 2.86. The Kier molecular flexibility index (Phi) is 2.38. The lowest BCUT2D eigenvalue weighted by Crippen LogP contribution is -2.11. The van der Waals surface area contributed by atoms with Crippen molar-refractivity contribution in [2.24, 2.45) is 0 Å². The Morgan fingerprint density at radius 2 is 2.00 bits per heavy atom. The molecule has 0 aliphatic carbocycles. The number of alkyl halides is 3. The summed E-state index contributed by atoms with van der Waals surface area (Å²) in [5.74, 6) is -1.59. The second-order valence-corrected chi connectivity index (χ2v) is 3.73. The topological polar surface area (TPSA) is 53.1 Å². The lowest BCUT2D eigenvalue weighted by atomic mass is 10.1. The summed E-state index contributed by atoms with van der Waals surface area (Å²) in [5.41, 5.74) is -1.07. The van der Waals surface area contributed by atoms with Gasteiger partial charge in [0.1, 0.15) is 5.69 Å². The highest BCUT2D eigenvalue weighted by molar-refractivity contribution is 6.05. The third-order valence-electron chi connectivity index (χ3n) is 2.45. The predicted octanol–water partition coefficient (Wildman–Crippen LogP) is 3.19. The van der Waals surface area contributed by atoms with Crippen molar-refractivity contribution in [3.05, 3.63) is 35.0 Å². The first-order valence-electron chi connectivity index (χ1n) is 4.73. The number of aryl methyl sites for hydroxylation is 1. The van der Waals surface area contributed by atoms with Crippen LogP contribution in [0.5, 0.6) is 0 Å². The van der Waals surface area contributed by atoms with Crippen molar-refractivity contribution >= 4 is 16.9 Å². The van der Waals surface area contributed by atoms with E-state index >= 15 is 0 Å². The van der Waals surface area contributed by atoms with E-state index in [1.807, 2.05) is 0 Å². The van der Waals surface area contributed by atoms with E-state index in [1.54, 1.807) is 13.0 Å². The number of halogens is 3. The van der Waals surface area contributed by atoms with Gasteiger partial charge in [-0.2, -0.15) is 13.2 Å². The summed E-state index contributed by atoms with van der Waals surface area (Å²) in [6.45, 7) is 1.69. The van der Waals surface area contributed by atoms with Gasteiger partial charge in [0.15, 0.2) is 0 Å². The van der Waals surface area contributed by atoms with E-state index in [4.69, 9.17) is 5.11 Å². The molecule has 0 aliphatic heterocycles. The van der Waals surface area contributed by atoms with Gasteiger partial charge in [0.2, 0.25) is 0 Å². The Bertz CT molecular complexity index is 599. The minimum atomic E-state index is -4.71. The maximum atomic E-state index is 12.7. The SMILES string of the molecule is Cc1ccc2[nH]c(C(F)(F)F)c(C(=O)O)c2c1. The second-order valence-electron chi connectivity index (χ2n) is 3.73. The smallest absolute Gasteiger partial charge is 0.432 e. The molecule has 2 aromatic rings. The van der Waals surface area contributed by atoms with Crippen LogP contribution < -0.4 is 0 Å². The highest BCUT2D eigenvalue weighted by atomic mass is 19.4. The average Bonchev–Trinajstić information content (AvgIpc) is 2.55. The molecule has 17 heavy (non-hydrogen) atoms. The van der Waals surface area contributed by atoms with Gasteiger partial charge in [0.25, 0.3) is 0 Å². The van der Waals surface area contributed by atoms with Crippen molar-refractivity contribution < 1.29 is 23.1 Å². The minimum Gasteiger partial charge on any atom is -0.478 e. The van der Waals surface area contributed by atoms with Gasteiger partial charge < -0.3 is 10.1 Å². The summed E-state index contributed by atoms with van der Waals surface area (Å²) in [7, 11) is 0. The molecule has 2 N–H and O–H groups in total. The maximum Gasteiger partial charge on any atom is 0.432 e. The van der Waals surface area contributed by atoms with Crippen LogP contribution in [0.4, 0.5) is 13.2 Å². The lowest BCUT2D eigenvalue weighted by Gasteiger charge is -2.04. The molecule has 1 heterocycles. The molecule has 0 aliphatic rings. The highest BCUT2D eigenvalue weighted by Crippen LogP contribution is 2.35. The number of carbonyl (C=O) groups is 1. The summed E-state index contributed by atoms with van der Waals surface area (Å²) in [4.78, 5) is 13.0. The molecular weight excluding hydrogens is 235 g/mol. The van der Waals surface area contributed by atoms with E-state index in [0.717, 1.165) is 0 Å². The van der Waals surface area contributed by atoms with Crippen LogP contribution in [0.25, 0.3) is 10.9 Å². The zero-order valence-corrected chi connectivity index (χ0v) is 8.72. The number of rotatable bonds is 1. The molecule has 2 rings (SSSR count). The largest absolute Gasteiger partial charge is 0.478 e. The molecule has 3 nitrogen and oxygen atoms in total. The van der Waals surface area contributed by atoms with Crippen molar-refractivity contribution in [2.45, 2.75) is 13.1 Å². The van der Waals surface area contributed by atoms with Crippen LogP contribution in [0.2, 0.25) is 0 Å². The van der Waals surface area contributed by atoms with Gasteiger partial charge >= 0.3 is 12.1 Å². The molecule has 90 valence electrons. The zero-order valence-electron chi connectivity index (χ0n) is 8.72. The van der Waals surface area contributed by atoms with Crippen molar-refractivity contribution in [2.75, 3.05) is 0 Å². The van der Waals surface area contributed by atoms with Crippen LogP contribution >= 0.6 is 0 Å². The van der Waals surface area contributed by atoms with Gasteiger partial charge in [-0.1, -0.05) is 11.6 Å². The Hall–Kier alpha value is -1.98. The van der Waals surface area contributed by atoms with Crippen molar-refractivity contribution in [3.8, 4) is 0 Å². The van der Waals surface area contributed by atoms with Gasteiger partial charge in [-0.25, -0.2) is 4.79 Å². The van der Waals surface area contributed by atoms with E-state index in [2.05, 4.69) is 4.98 Å². The third-order valence-corrected chi connectivity index (χ3v) is 2.45. The van der Waals surface area contributed by atoms with E-state index in [9.17, 15) is 18.0 Å². The van der Waals surface area contributed by atoms with Crippen LogP contribution in [0.1, 0.15) is 21.6 Å². The lowest BCUT2D eigenvalue weighted by molar-refractivity contribution is -0.141. The fourth-order valence-electron chi connectivity index (χ4n) is 1.74. The van der Waals surface area contributed by atoms with Gasteiger partial charge in [-0.15, -0.1) is 0 Å². The Labute approximate surface area is 93.9 Å². The number of nitrogens with one attached hydrogen (secondary N) is 1. The summed E-state index contributed by atoms with van der Waals surface area (Å²) in [6, 6.07) is 4.47. The molecule has 0 unspecified atom stereocenters. The van der Waals surface area contributed by atoms with Crippen molar-refractivity contribution in [3.63, 3.8) is 0 Å². The molecule has 0 amide bonds. The number of hydrogen-bond donors (Lipinski definition) is 2. The van der Waals surface area contributed by atoms with Crippen LogP contribution in [-0.4, -0.2) is 16.1 Å². The number of aromatic amines is 1. The number of hydrogen-bond acceptors (Lipinski definition) is 1. The maximum absolute atomic E-state index is 12.7. The van der Waals surface area contributed by atoms with Crippen LogP contribution in [0, 0.1) is 6.92 Å². The van der Waals surface area contributed by atoms with Crippen LogP contribution in [-0.2, 0) is 6.18 Å². The summed E-state index contributed by atoms with van der Waals surface area (Å²) in [5, 5.41) is 8.96. The molecular formula is C11H8F3NO2. The first kappa shape index (κ1) is 11.5. The zero-order chi connectivity index (χ0) is 12.8. The summed E-state index contributed by atoms with van der Waals surface area (Å²) >= 11 is 0. The number of aromatic carboxylic acids is 1. The fourth-order valence-corrected chi connectivity index (χ4v) is 1.74. The monoisotopic (exact) mass is 243 g/mol. The molecule has 0 bridgehead atoms. The van der Waals surface area contributed by atoms with Gasteiger partial charge in [-0.3, -0.25) is 0 Å². The molecule has 0 saturated heterocycles. The number of fused-ring (bicyclic) bond motifs is 1. The number of H-pyrrole nitrogens is 1. The predicted molar refractivity (Wildman–Crippen MR) is 55.0 cm³/mol. The molecule has 1 aromatic carbocycles. The van der Waals surface area contributed by atoms with E-state index in [1.165, 1.54) is 12.1 Å². The standard InChI is InChI=1S/C11H8F3NO2/c1-5-2-3-7-6(4-5)8(10(16)17)9(15-7)11(12,13)14/h2-4,15H,1H3,(H,16,17). The second kappa shape index (κ2) is 3.51. The number of benzene rings is 1. The fraction of sp³-hybridized carbons (Fsp3) is 0.182. The van der Waals surface area contributed by atoms with Crippen molar-refractivity contribution in [1.29, 1.82) is 0 Å². The summed E-state index contributed by atoms with van der Waals surface area (Å²) < 4.78 is 38.0. The minimum absolute atomic E-state index is 0.0739. The van der Waals surface area contributed by atoms with E-state index in [0.29, 0.717) is 5.56 Å². The third kappa shape index (κ3) is 1.86. The van der Waals surface area contributed by atoms with Crippen LogP contribution in [0.15, 0.2) is 18.2 Å². The first-order chi connectivity index (χ1) is 7.80. The highest BCUT2D eigenvalue weighted by Gasteiger charge is 2.38. The molecule has 6 heteroatoms. The number of carboxylic acid groups (broad SMARTS) is 1. The summed E-state index contributed by atoms with van der Waals surface area (Å²) in [6.07, 6.45) is -4.71. The average molecular weight is 243 g/mol. The Morgan fingerprint density at radius 3 is 2.53 bits per heavy atom. The Morgan fingerprint density at radius 1 is 1.35 bits per heavy atom. The normalized spacial score (nSPS) is 12.0. The molecule has 0 fully saturated rings. The van der Waals surface area contributed by atoms with Crippen LogP contribution in [0.3, 0.4) is 0 Å².